The Labute approximate surface area is 180 Å². The number of ether oxygens (including phenoxy) is 2. The van der Waals surface area contributed by atoms with Gasteiger partial charge in [-0.05, 0) is 31.5 Å². The average molecular weight is 422 g/mol. The molecular weight excluding hydrogens is 394 g/mol. The summed E-state index contributed by atoms with van der Waals surface area (Å²) < 4.78 is 15.5. The first kappa shape index (κ1) is 19.0. The predicted octanol–water partition coefficient (Wildman–Crippen LogP) is 1.87. The summed E-state index contributed by atoms with van der Waals surface area (Å²) in [5, 5.41) is 4.35. The Kier molecular flexibility index (Phi) is 4.21. The molecule has 2 fully saturated rings. The highest BCUT2D eigenvalue weighted by atomic mass is 16.5. The summed E-state index contributed by atoms with van der Waals surface area (Å²) in [5.74, 6) is 3.07. The lowest BCUT2D eigenvalue weighted by Gasteiger charge is -2.54. The van der Waals surface area contributed by atoms with Crippen LogP contribution in [0.4, 0.5) is 0 Å². The van der Waals surface area contributed by atoms with Gasteiger partial charge in [0.25, 0.3) is 0 Å². The van der Waals surface area contributed by atoms with Gasteiger partial charge in [-0.15, -0.1) is 0 Å². The highest BCUT2D eigenvalue weighted by Gasteiger charge is 2.46. The van der Waals surface area contributed by atoms with Gasteiger partial charge < -0.3 is 19.8 Å². The van der Waals surface area contributed by atoms with Crippen LogP contribution in [0.25, 0.3) is 22.9 Å². The molecule has 31 heavy (non-hydrogen) atoms. The van der Waals surface area contributed by atoms with Crippen molar-refractivity contribution >= 4 is 0 Å². The summed E-state index contributed by atoms with van der Waals surface area (Å²) >= 11 is 0. The molecule has 2 N–H and O–H groups in total. The van der Waals surface area contributed by atoms with Gasteiger partial charge >= 0.3 is 0 Å². The van der Waals surface area contributed by atoms with E-state index in [1.807, 2.05) is 4.68 Å². The number of nitrogens with two attached hydrogens (primary N) is 1. The third-order valence-corrected chi connectivity index (χ3v) is 6.59. The van der Waals surface area contributed by atoms with Crippen LogP contribution in [0.5, 0.6) is 5.75 Å². The highest BCUT2D eigenvalue weighted by molar-refractivity contribution is 5.69. The maximum Gasteiger partial charge on any atom is 0.178 e. The molecule has 1 aromatic carbocycles. The normalized spacial score (nSPS) is 20.4. The number of likely N-dealkylation sites (tertiary alicyclic amines) is 1. The lowest BCUT2D eigenvalue weighted by Crippen LogP contribution is -2.73. The molecule has 0 bridgehead atoms. The van der Waals surface area contributed by atoms with E-state index in [1.54, 1.807) is 6.33 Å². The first-order valence-electron chi connectivity index (χ1n) is 10.9. The minimum Gasteiger partial charge on any atom is -0.491 e. The Morgan fingerprint density at radius 3 is 2.77 bits per heavy atom. The van der Waals surface area contributed by atoms with Crippen molar-refractivity contribution in [3.05, 3.63) is 36.3 Å². The second kappa shape index (κ2) is 6.88. The fourth-order valence-corrected chi connectivity index (χ4v) is 4.62. The van der Waals surface area contributed by atoms with Crippen LogP contribution >= 0.6 is 0 Å². The minimum atomic E-state index is -0.267. The van der Waals surface area contributed by atoms with E-state index in [0.717, 1.165) is 48.3 Å². The third kappa shape index (κ3) is 2.99. The molecule has 6 rings (SSSR count). The molecular formula is C22H27N7O2. The predicted molar refractivity (Wildman–Crippen MR) is 115 cm³/mol. The van der Waals surface area contributed by atoms with E-state index in [1.165, 1.54) is 5.56 Å². The molecule has 3 aromatic rings. The van der Waals surface area contributed by atoms with E-state index < -0.39 is 0 Å². The third-order valence-electron chi connectivity index (χ3n) is 6.59. The van der Waals surface area contributed by atoms with Crippen LogP contribution in [-0.4, -0.2) is 67.8 Å². The topological polar surface area (TPSA) is 96.3 Å². The standard InChI is InChI=1S/C22H27N7O2/c1-14(2)29-21(24-13-25-29)18-10-27-5-6-31-19-7-15(3-4-17(19)20(27)26-18)16-8-28(9-16)22(23)11-30-12-22/h3-4,7,10,13-14,16H,5-6,8-9,11-12,23H2,1-2H3. The van der Waals surface area contributed by atoms with Crippen LogP contribution in [0.2, 0.25) is 0 Å². The van der Waals surface area contributed by atoms with E-state index in [-0.39, 0.29) is 11.7 Å². The van der Waals surface area contributed by atoms with Gasteiger partial charge in [-0.2, -0.15) is 5.10 Å². The smallest absolute Gasteiger partial charge is 0.178 e. The Hall–Kier alpha value is -2.75. The van der Waals surface area contributed by atoms with E-state index in [4.69, 9.17) is 20.2 Å². The Morgan fingerprint density at radius 1 is 1.19 bits per heavy atom. The number of aromatic nitrogens is 5. The van der Waals surface area contributed by atoms with Crippen molar-refractivity contribution in [2.75, 3.05) is 32.9 Å². The SMILES string of the molecule is CC(C)n1ncnc1-c1cn2c(n1)-c1ccc(C3CN(C4(N)COC4)C3)cc1OCC2. The second-order valence-electron chi connectivity index (χ2n) is 9.07. The molecule has 0 spiro atoms. The van der Waals surface area contributed by atoms with E-state index in [9.17, 15) is 0 Å². The summed E-state index contributed by atoms with van der Waals surface area (Å²) in [6, 6.07) is 6.74. The number of benzene rings is 1. The van der Waals surface area contributed by atoms with Gasteiger partial charge in [0.05, 0.1) is 25.3 Å². The summed E-state index contributed by atoms with van der Waals surface area (Å²) in [6.07, 6.45) is 3.64. The minimum absolute atomic E-state index is 0.221. The zero-order chi connectivity index (χ0) is 21.2. The largest absolute Gasteiger partial charge is 0.491 e. The molecule has 3 aliphatic heterocycles. The molecule has 2 aromatic heterocycles. The van der Waals surface area contributed by atoms with Crippen molar-refractivity contribution < 1.29 is 9.47 Å². The van der Waals surface area contributed by atoms with Gasteiger partial charge in [-0.1, -0.05) is 6.07 Å². The zero-order valence-electron chi connectivity index (χ0n) is 17.9. The Balaban J connectivity index is 1.29. The Morgan fingerprint density at radius 2 is 2.03 bits per heavy atom. The molecule has 0 atom stereocenters. The van der Waals surface area contributed by atoms with Gasteiger partial charge in [-0.3, -0.25) is 4.90 Å². The molecule has 0 unspecified atom stereocenters. The number of fused-ring (bicyclic) bond motifs is 3. The summed E-state index contributed by atoms with van der Waals surface area (Å²) in [7, 11) is 0. The molecule has 9 heteroatoms. The quantitative estimate of drug-likeness (QED) is 0.687. The van der Waals surface area contributed by atoms with Gasteiger partial charge in [0.15, 0.2) is 5.82 Å². The van der Waals surface area contributed by atoms with Crippen molar-refractivity contribution in [2.45, 2.75) is 38.0 Å². The van der Waals surface area contributed by atoms with Crippen LogP contribution in [-0.2, 0) is 11.3 Å². The van der Waals surface area contributed by atoms with Gasteiger partial charge in [0, 0.05) is 31.2 Å². The monoisotopic (exact) mass is 421 g/mol. The van der Waals surface area contributed by atoms with Crippen LogP contribution in [0.3, 0.4) is 0 Å². The van der Waals surface area contributed by atoms with E-state index in [2.05, 4.69) is 57.8 Å². The molecule has 2 saturated heterocycles. The van der Waals surface area contributed by atoms with Crippen LogP contribution in [0, 0.1) is 0 Å². The molecule has 0 amide bonds. The van der Waals surface area contributed by atoms with Gasteiger partial charge in [-0.25, -0.2) is 14.6 Å². The van der Waals surface area contributed by atoms with Crippen LogP contribution < -0.4 is 10.5 Å². The summed E-state index contributed by atoms with van der Waals surface area (Å²) in [5.41, 5.74) is 9.23. The Bertz CT molecular complexity index is 1120. The molecule has 3 aliphatic rings. The first-order chi connectivity index (χ1) is 15.0. The maximum atomic E-state index is 6.36. The number of rotatable bonds is 4. The number of nitrogens with zero attached hydrogens (tertiary/aromatic N) is 6. The molecule has 162 valence electrons. The van der Waals surface area contributed by atoms with Crippen molar-refractivity contribution in [3.8, 4) is 28.7 Å². The van der Waals surface area contributed by atoms with Gasteiger partial charge in [0.2, 0.25) is 0 Å². The lowest BCUT2D eigenvalue weighted by molar-refractivity contribution is -0.161. The molecule has 9 nitrogen and oxygen atoms in total. The fraction of sp³-hybridized carbons (Fsp3) is 0.500. The number of imidazole rings is 1. The maximum absolute atomic E-state index is 6.36. The fourth-order valence-electron chi connectivity index (χ4n) is 4.62. The molecule has 0 saturated carbocycles. The molecule has 0 radical (unpaired) electrons. The molecule has 0 aliphatic carbocycles. The van der Waals surface area contributed by atoms with Crippen LogP contribution in [0.1, 0.15) is 31.4 Å². The second-order valence-corrected chi connectivity index (χ2v) is 9.07. The lowest BCUT2D eigenvalue weighted by atomic mass is 9.87. The average Bonchev–Trinajstić information content (AvgIpc) is 3.30. The summed E-state index contributed by atoms with van der Waals surface area (Å²) in [6.45, 7) is 8.72. The zero-order valence-corrected chi connectivity index (χ0v) is 17.9. The van der Waals surface area contributed by atoms with Crippen LogP contribution in [0.15, 0.2) is 30.7 Å². The highest BCUT2D eigenvalue weighted by Crippen LogP contribution is 2.39. The van der Waals surface area contributed by atoms with Gasteiger partial charge in [0.1, 0.15) is 35.9 Å². The van der Waals surface area contributed by atoms with Crippen molar-refractivity contribution in [1.82, 2.24) is 29.2 Å². The van der Waals surface area contributed by atoms with Crippen molar-refractivity contribution in [1.29, 1.82) is 0 Å². The number of hydrogen-bond acceptors (Lipinski definition) is 7. The van der Waals surface area contributed by atoms with E-state index >= 15 is 0 Å². The first-order valence-corrected chi connectivity index (χ1v) is 10.9. The molecule has 5 heterocycles. The van der Waals surface area contributed by atoms with E-state index in [0.29, 0.717) is 25.7 Å². The summed E-state index contributed by atoms with van der Waals surface area (Å²) in [4.78, 5) is 11.7. The van der Waals surface area contributed by atoms with Crippen molar-refractivity contribution in [3.63, 3.8) is 0 Å². The number of hydrogen-bond donors (Lipinski definition) is 1. The van der Waals surface area contributed by atoms with Crippen molar-refractivity contribution in [2.24, 2.45) is 5.73 Å².